The van der Waals surface area contributed by atoms with Gasteiger partial charge in [0.25, 0.3) is 5.91 Å². The molecule has 2 aromatic rings. The third-order valence-corrected chi connectivity index (χ3v) is 3.93. The van der Waals surface area contributed by atoms with Crippen molar-refractivity contribution in [2.24, 2.45) is 0 Å². The fourth-order valence-corrected chi connectivity index (χ4v) is 2.62. The monoisotopic (exact) mass is 435 g/mol. The number of amides is 2. The normalized spacial score (nSPS) is 9.92. The third-order valence-electron chi connectivity index (χ3n) is 3.24. The van der Waals surface area contributed by atoms with Gasteiger partial charge in [-0.15, -0.1) is 0 Å². The number of rotatable bonds is 5. The molecule has 0 saturated carbocycles. The first-order valence-electron chi connectivity index (χ1n) is 7.86. The van der Waals surface area contributed by atoms with E-state index >= 15 is 0 Å². The smallest absolute Gasteiger partial charge is 0.261 e. The van der Waals surface area contributed by atoms with E-state index in [9.17, 15) is 9.59 Å². The Morgan fingerprint density at radius 2 is 1.85 bits per heavy atom. The molecule has 136 valence electrons. The molecule has 0 fully saturated rings. The first-order valence-corrected chi connectivity index (χ1v) is 9.06. The number of thiocarbonyl (C=S) groups is 1. The average molecular weight is 436 g/mol. The molecule has 0 spiro atoms. The molecule has 0 aliphatic heterocycles. The lowest BCUT2D eigenvalue weighted by molar-refractivity contribution is -0.121. The number of carbonyl (C=O) groups excluding carboxylic acids is 2. The van der Waals surface area contributed by atoms with Crippen molar-refractivity contribution in [3.63, 3.8) is 0 Å². The quantitative estimate of drug-likeness (QED) is 0.496. The van der Waals surface area contributed by atoms with E-state index in [0.29, 0.717) is 17.9 Å². The van der Waals surface area contributed by atoms with Gasteiger partial charge in [0.05, 0.1) is 18.6 Å². The summed E-state index contributed by atoms with van der Waals surface area (Å²) < 4.78 is 6.18. The number of hydrogen-bond donors (Lipinski definition) is 3. The van der Waals surface area contributed by atoms with Gasteiger partial charge in [0.15, 0.2) is 5.11 Å². The van der Waals surface area contributed by atoms with Crippen molar-refractivity contribution in [1.82, 2.24) is 16.2 Å². The summed E-state index contributed by atoms with van der Waals surface area (Å²) in [5.74, 6) is -0.265. The highest BCUT2D eigenvalue weighted by Crippen LogP contribution is 2.23. The number of nitrogens with one attached hydrogen (secondary N) is 3. The number of hydrazine groups is 1. The molecule has 0 atom stereocenters. The third kappa shape index (κ3) is 6.12. The maximum atomic E-state index is 12.4. The van der Waals surface area contributed by atoms with Gasteiger partial charge in [-0.3, -0.25) is 25.8 Å². The van der Waals surface area contributed by atoms with Gasteiger partial charge in [0, 0.05) is 4.47 Å². The van der Waals surface area contributed by atoms with E-state index in [4.69, 9.17) is 17.0 Å². The molecule has 26 heavy (non-hydrogen) atoms. The lowest BCUT2D eigenvalue weighted by Crippen LogP contribution is -2.48. The van der Waals surface area contributed by atoms with Crippen molar-refractivity contribution in [2.45, 2.75) is 13.3 Å². The van der Waals surface area contributed by atoms with E-state index < -0.39 is 5.91 Å². The van der Waals surface area contributed by atoms with Crippen molar-refractivity contribution in [3.8, 4) is 5.75 Å². The van der Waals surface area contributed by atoms with Crippen LogP contribution >= 0.6 is 28.1 Å². The van der Waals surface area contributed by atoms with Crippen molar-refractivity contribution in [2.75, 3.05) is 6.61 Å². The Balaban J connectivity index is 1.88. The molecule has 2 amide bonds. The van der Waals surface area contributed by atoms with Crippen LogP contribution in [0, 0.1) is 0 Å². The van der Waals surface area contributed by atoms with Crippen LogP contribution in [0.5, 0.6) is 5.75 Å². The summed E-state index contributed by atoms with van der Waals surface area (Å²) in [5, 5.41) is 2.49. The minimum absolute atomic E-state index is 0.0150. The van der Waals surface area contributed by atoms with Crippen LogP contribution in [0.3, 0.4) is 0 Å². The summed E-state index contributed by atoms with van der Waals surface area (Å²) in [4.78, 5) is 24.3. The Morgan fingerprint density at radius 3 is 2.54 bits per heavy atom. The van der Waals surface area contributed by atoms with Crippen molar-refractivity contribution in [1.29, 1.82) is 0 Å². The van der Waals surface area contributed by atoms with Gasteiger partial charge in [-0.05, 0) is 42.9 Å². The minimum atomic E-state index is -0.440. The van der Waals surface area contributed by atoms with Crippen molar-refractivity contribution >= 4 is 45.1 Å². The van der Waals surface area contributed by atoms with Crippen LogP contribution < -0.4 is 20.9 Å². The van der Waals surface area contributed by atoms with E-state index in [-0.39, 0.29) is 17.4 Å². The number of hydrogen-bond acceptors (Lipinski definition) is 4. The second kappa shape index (κ2) is 9.88. The van der Waals surface area contributed by atoms with E-state index in [0.717, 1.165) is 10.0 Å². The maximum absolute atomic E-state index is 12.4. The second-order valence-electron chi connectivity index (χ2n) is 5.19. The average Bonchev–Trinajstić information content (AvgIpc) is 2.62. The molecule has 0 unspecified atom stereocenters. The molecule has 0 radical (unpaired) electrons. The van der Waals surface area contributed by atoms with Gasteiger partial charge >= 0.3 is 0 Å². The summed E-state index contributed by atoms with van der Waals surface area (Å²) in [6, 6.07) is 14.4. The Kier molecular flexibility index (Phi) is 7.55. The molecular formula is C18H18BrN3O3S. The number of ether oxygens (including phenoxy) is 1. The Hall–Kier alpha value is -2.45. The summed E-state index contributed by atoms with van der Waals surface area (Å²) in [5.41, 5.74) is 6.18. The molecule has 2 rings (SSSR count). The summed E-state index contributed by atoms with van der Waals surface area (Å²) >= 11 is 8.37. The molecule has 0 bridgehead atoms. The molecule has 0 saturated heterocycles. The summed E-state index contributed by atoms with van der Waals surface area (Å²) in [6.45, 7) is 2.26. The Morgan fingerprint density at radius 1 is 1.12 bits per heavy atom. The van der Waals surface area contributed by atoms with Gasteiger partial charge in [-0.2, -0.15) is 0 Å². The molecule has 0 heterocycles. The second-order valence-corrected chi connectivity index (χ2v) is 6.52. The zero-order valence-corrected chi connectivity index (χ0v) is 16.4. The Labute approximate surface area is 165 Å². The highest BCUT2D eigenvalue weighted by molar-refractivity contribution is 9.10. The lowest BCUT2D eigenvalue weighted by Gasteiger charge is -2.13. The van der Waals surface area contributed by atoms with Crippen LogP contribution in [0.15, 0.2) is 53.0 Å². The maximum Gasteiger partial charge on any atom is 0.261 e. The number of carbonyl (C=O) groups is 2. The van der Waals surface area contributed by atoms with Gasteiger partial charge in [-0.1, -0.05) is 46.3 Å². The highest BCUT2D eigenvalue weighted by atomic mass is 79.9. The molecule has 8 heteroatoms. The van der Waals surface area contributed by atoms with Gasteiger partial charge in [-0.25, -0.2) is 0 Å². The van der Waals surface area contributed by atoms with Crippen LogP contribution in [-0.2, 0) is 11.2 Å². The summed E-state index contributed by atoms with van der Waals surface area (Å²) in [6.07, 6.45) is 0.199. The van der Waals surface area contributed by atoms with E-state index in [2.05, 4.69) is 32.1 Å². The van der Waals surface area contributed by atoms with Crippen LogP contribution in [-0.4, -0.2) is 23.5 Å². The van der Waals surface area contributed by atoms with Crippen molar-refractivity contribution < 1.29 is 14.3 Å². The highest BCUT2D eigenvalue weighted by Gasteiger charge is 2.15. The fraction of sp³-hybridized carbons (Fsp3) is 0.167. The zero-order valence-electron chi connectivity index (χ0n) is 14.0. The van der Waals surface area contributed by atoms with E-state index in [1.54, 1.807) is 18.2 Å². The number of benzene rings is 2. The predicted molar refractivity (Wildman–Crippen MR) is 107 cm³/mol. The van der Waals surface area contributed by atoms with Gasteiger partial charge in [0.2, 0.25) is 5.91 Å². The SMILES string of the molecule is CCOc1ccc(Br)cc1C(=O)NC(=S)NNC(=O)Cc1ccccc1. The Bertz CT molecular complexity index is 800. The van der Waals surface area contributed by atoms with E-state index in [1.807, 2.05) is 37.3 Å². The van der Waals surface area contributed by atoms with E-state index in [1.165, 1.54) is 0 Å². The lowest BCUT2D eigenvalue weighted by atomic mass is 10.1. The molecular weight excluding hydrogens is 418 g/mol. The molecule has 2 aromatic carbocycles. The predicted octanol–water partition coefficient (Wildman–Crippen LogP) is 2.73. The topological polar surface area (TPSA) is 79.5 Å². The molecule has 0 aromatic heterocycles. The summed E-state index contributed by atoms with van der Waals surface area (Å²) in [7, 11) is 0. The van der Waals surface area contributed by atoms with Crippen molar-refractivity contribution in [3.05, 3.63) is 64.1 Å². The zero-order chi connectivity index (χ0) is 18.9. The molecule has 3 N–H and O–H groups in total. The number of halogens is 1. The molecule has 0 aliphatic rings. The van der Waals surface area contributed by atoms with Crippen LogP contribution in [0.1, 0.15) is 22.8 Å². The first-order chi connectivity index (χ1) is 12.5. The first kappa shape index (κ1) is 19.9. The minimum Gasteiger partial charge on any atom is -0.493 e. The van der Waals surface area contributed by atoms with Crippen LogP contribution in [0.25, 0.3) is 0 Å². The standard InChI is InChI=1S/C18H18BrN3O3S/c1-2-25-15-9-8-13(19)11-14(15)17(24)20-18(26)22-21-16(23)10-12-6-4-3-5-7-12/h3-9,11H,2,10H2,1H3,(H,21,23)(H2,20,22,24,26). The van der Waals surface area contributed by atoms with Crippen LogP contribution in [0.4, 0.5) is 0 Å². The van der Waals surface area contributed by atoms with Gasteiger partial charge in [0.1, 0.15) is 5.75 Å². The molecule has 6 nitrogen and oxygen atoms in total. The largest absolute Gasteiger partial charge is 0.493 e. The molecule has 0 aliphatic carbocycles. The van der Waals surface area contributed by atoms with Gasteiger partial charge < -0.3 is 4.74 Å². The van der Waals surface area contributed by atoms with Crippen LogP contribution in [0.2, 0.25) is 0 Å². The fourth-order valence-electron chi connectivity index (χ4n) is 2.11.